The molecule has 1 aromatic carbocycles. The molecule has 1 aromatic rings. The van der Waals surface area contributed by atoms with Gasteiger partial charge in [0.05, 0.1) is 13.2 Å². The number of benzene rings is 1. The molecule has 1 aliphatic carbocycles. The van der Waals surface area contributed by atoms with E-state index in [4.69, 9.17) is 27.9 Å². The lowest BCUT2D eigenvalue weighted by atomic mass is 9.92. The van der Waals surface area contributed by atoms with Gasteiger partial charge in [0.15, 0.2) is 0 Å². The maximum Gasteiger partial charge on any atom is 0.211 e. The van der Waals surface area contributed by atoms with E-state index in [9.17, 15) is 9.59 Å². The summed E-state index contributed by atoms with van der Waals surface area (Å²) in [5.74, 6) is -0.652. The standard InChI is InChI=1S/C16H16Cl2N2O3/c17-10-1-2-11-12(9-10)16(22)14(13(18)15(11)21)19-3-4-20-5-7-23-8-6-20/h1-2,9,19H,3-8H2. The Morgan fingerprint density at radius 1 is 1.09 bits per heavy atom. The third kappa shape index (κ3) is 3.43. The van der Waals surface area contributed by atoms with Gasteiger partial charge in [0, 0.05) is 42.3 Å². The van der Waals surface area contributed by atoms with Crippen LogP contribution in [0.5, 0.6) is 0 Å². The zero-order valence-electron chi connectivity index (χ0n) is 12.4. The molecule has 1 saturated heterocycles. The van der Waals surface area contributed by atoms with Crippen molar-refractivity contribution in [1.82, 2.24) is 10.2 Å². The summed E-state index contributed by atoms with van der Waals surface area (Å²) in [4.78, 5) is 27.1. The zero-order chi connectivity index (χ0) is 16.4. The molecule has 1 aliphatic heterocycles. The van der Waals surface area contributed by atoms with Crippen molar-refractivity contribution < 1.29 is 14.3 Å². The molecule has 0 amide bonds. The van der Waals surface area contributed by atoms with Gasteiger partial charge < -0.3 is 10.1 Å². The largest absolute Gasteiger partial charge is 0.379 e. The molecule has 1 heterocycles. The van der Waals surface area contributed by atoms with Crippen LogP contribution in [0.25, 0.3) is 0 Å². The van der Waals surface area contributed by atoms with Gasteiger partial charge in [-0.25, -0.2) is 0 Å². The fraction of sp³-hybridized carbons (Fsp3) is 0.375. The first-order valence-electron chi connectivity index (χ1n) is 7.40. The summed E-state index contributed by atoms with van der Waals surface area (Å²) >= 11 is 12.0. The minimum absolute atomic E-state index is 0.0631. The molecule has 1 N–H and O–H groups in total. The number of nitrogens with zero attached hydrogens (tertiary/aromatic N) is 1. The normalized spacial score (nSPS) is 19.0. The van der Waals surface area contributed by atoms with E-state index >= 15 is 0 Å². The second-order valence-corrected chi connectivity index (χ2v) is 6.23. The number of carbonyl (C=O) groups excluding carboxylic acids is 2. The first-order valence-corrected chi connectivity index (χ1v) is 8.16. The van der Waals surface area contributed by atoms with Gasteiger partial charge in [-0.05, 0) is 18.2 Å². The number of hydrogen-bond acceptors (Lipinski definition) is 5. The maximum atomic E-state index is 12.6. The number of Topliss-reactive ketones (excluding diaryl/α,β-unsaturated/α-hetero) is 2. The summed E-state index contributed by atoms with van der Waals surface area (Å²) < 4.78 is 5.29. The Bertz CT molecular complexity index is 682. The molecule has 122 valence electrons. The molecular formula is C16H16Cl2N2O3. The summed E-state index contributed by atoms with van der Waals surface area (Å²) in [6.45, 7) is 4.43. The molecule has 0 saturated carbocycles. The molecule has 0 atom stereocenters. The highest BCUT2D eigenvalue weighted by molar-refractivity contribution is 6.50. The van der Waals surface area contributed by atoms with Crippen LogP contribution in [-0.2, 0) is 4.74 Å². The van der Waals surface area contributed by atoms with Crippen molar-refractivity contribution in [2.24, 2.45) is 0 Å². The van der Waals surface area contributed by atoms with Gasteiger partial charge in [-0.3, -0.25) is 14.5 Å². The van der Waals surface area contributed by atoms with Crippen molar-refractivity contribution in [2.75, 3.05) is 39.4 Å². The number of nitrogens with one attached hydrogen (secondary N) is 1. The lowest BCUT2D eigenvalue weighted by molar-refractivity contribution is 0.0386. The monoisotopic (exact) mass is 354 g/mol. The van der Waals surface area contributed by atoms with Crippen LogP contribution < -0.4 is 5.32 Å². The van der Waals surface area contributed by atoms with Crippen LogP contribution in [0.4, 0.5) is 0 Å². The number of halogens is 2. The van der Waals surface area contributed by atoms with E-state index in [-0.39, 0.29) is 22.3 Å². The second kappa shape index (κ2) is 7.01. The van der Waals surface area contributed by atoms with Crippen molar-refractivity contribution in [3.8, 4) is 0 Å². The third-order valence-electron chi connectivity index (χ3n) is 3.95. The number of ketones is 2. The lowest BCUT2D eigenvalue weighted by Crippen LogP contribution is -2.41. The van der Waals surface area contributed by atoms with Crippen LogP contribution in [-0.4, -0.2) is 55.9 Å². The van der Waals surface area contributed by atoms with Crippen LogP contribution in [0.2, 0.25) is 5.02 Å². The quantitative estimate of drug-likeness (QED) is 0.896. The number of fused-ring (bicyclic) bond motifs is 1. The van der Waals surface area contributed by atoms with E-state index < -0.39 is 0 Å². The summed E-state index contributed by atoms with van der Waals surface area (Å²) in [5, 5.41) is 3.36. The molecule has 23 heavy (non-hydrogen) atoms. The highest BCUT2D eigenvalue weighted by atomic mass is 35.5. The minimum atomic E-state index is -0.355. The predicted octanol–water partition coefficient (Wildman–Crippen LogP) is 2.09. The molecule has 0 unspecified atom stereocenters. The molecule has 3 rings (SSSR count). The van der Waals surface area contributed by atoms with E-state index in [0.717, 1.165) is 19.6 Å². The number of allylic oxidation sites excluding steroid dienone is 2. The van der Waals surface area contributed by atoms with Crippen molar-refractivity contribution in [3.63, 3.8) is 0 Å². The number of carbonyl (C=O) groups is 2. The molecule has 0 bridgehead atoms. The summed E-state index contributed by atoms with van der Waals surface area (Å²) in [5.41, 5.74) is 0.739. The van der Waals surface area contributed by atoms with Gasteiger partial charge in [-0.15, -0.1) is 0 Å². The molecule has 0 aromatic heterocycles. The fourth-order valence-electron chi connectivity index (χ4n) is 2.69. The first kappa shape index (κ1) is 16.5. The van der Waals surface area contributed by atoms with Crippen molar-refractivity contribution in [3.05, 3.63) is 45.1 Å². The smallest absolute Gasteiger partial charge is 0.211 e. The molecule has 0 spiro atoms. The van der Waals surface area contributed by atoms with Crippen LogP contribution >= 0.6 is 23.2 Å². The van der Waals surface area contributed by atoms with Gasteiger partial charge in [0.25, 0.3) is 0 Å². The van der Waals surface area contributed by atoms with E-state index in [2.05, 4.69) is 10.2 Å². The average Bonchev–Trinajstić information content (AvgIpc) is 2.57. The molecule has 5 nitrogen and oxygen atoms in total. The van der Waals surface area contributed by atoms with E-state index in [0.29, 0.717) is 35.9 Å². The van der Waals surface area contributed by atoms with E-state index in [1.54, 1.807) is 6.07 Å². The third-order valence-corrected chi connectivity index (χ3v) is 4.55. The molecule has 7 heteroatoms. The van der Waals surface area contributed by atoms with E-state index in [1.807, 2.05) is 0 Å². The SMILES string of the molecule is O=C1C(Cl)=C(NCCN2CCOCC2)C(=O)c2cc(Cl)ccc21. The molecular weight excluding hydrogens is 339 g/mol. The average molecular weight is 355 g/mol. The predicted molar refractivity (Wildman–Crippen MR) is 88.3 cm³/mol. The van der Waals surface area contributed by atoms with Gasteiger partial charge >= 0.3 is 0 Å². The topological polar surface area (TPSA) is 58.6 Å². The van der Waals surface area contributed by atoms with Gasteiger partial charge in [-0.1, -0.05) is 23.2 Å². The molecule has 2 aliphatic rings. The Balaban J connectivity index is 1.72. The summed E-state index contributed by atoms with van der Waals surface area (Å²) in [7, 11) is 0. The Labute approximate surface area is 144 Å². The molecule has 0 radical (unpaired) electrons. The first-order chi connectivity index (χ1) is 11.1. The number of rotatable bonds is 4. The Hall–Kier alpha value is -1.40. The van der Waals surface area contributed by atoms with Crippen molar-refractivity contribution >= 4 is 34.8 Å². The number of morpholine rings is 1. The van der Waals surface area contributed by atoms with Gasteiger partial charge in [0.2, 0.25) is 11.6 Å². The van der Waals surface area contributed by atoms with Gasteiger partial charge in [-0.2, -0.15) is 0 Å². The number of ether oxygens (including phenoxy) is 1. The highest BCUT2D eigenvalue weighted by Gasteiger charge is 2.31. The fourth-order valence-corrected chi connectivity index (χ4v) is 3.12. The summed E-state index contributed by atoms with van der Waals surface area (Å²) in [6, 6.07) is 4.61. The van der Waals surface area contributed by atoms with Crippen molar-refractivity contribution in [2.45, 2.75) is 0 Å². The van der Waals surface area contributed by atoms with Crippen LogP contribution in [0.1, 0.15) is 20.7 Å². The highest BCUT2D eigenvalue weighted by Crippen LogP contribution is 2.29. The summed E-state index contributed by atoms with van der Waals surface area (Å²) in [6.07, 6.45) is 0. The Morgan fingerprint density at radius 2 is 1.83 bits per heavy atom. The van der Waals surface area contributed by atoms with E-state index in [1.165, 1.54) is 12.1 Å². The second-order valence-electron chi connectivity index (χ2n) is 5.42. The number of hydrogen-bond donors (Lipinski definition) is 1. The van der Waals surface area contributed by atoms with Crippen LogP contribution in [0.3, 0.4) is 0 Å². The molecule has 1 fully saturated rings. The van der Waals surface area contributed by atoms with Crippen molar-refractivity contribution in [1.29, 1.82) is 0 Å². The zero-order valence-corrected chi connectivity index (χ0v) is 13.9. The minimum Gasteiger partial charge on any atom is -0.379 e. The van der Waals surface area contributed by atoms with Gasteiger partial charge in [0.1, 0.15) is 10.7 Å². The maximum absolute atomic E-state index is 12.6. The Morgan fingerprint density at radius 3 is 2.57 bits per heavy atom. The lowest BCUT2D eigenvalue weighted by Gasteiger charge is -2.27. The van der Waals surface area contributed by atoms with Crippen LogP contribution in [0.15, 0.2) is 28.9 Å². The van der Waals surface area contributed by atoms with Crippen LogP contribution in [0, 0.1) is 0 Å². The Kier molecular flexibility index (Phi) is 5.02.